The van der Waals surface area contributed by atoms with Gasteiger partial charge in [0.1, 0.15) is 5.82 Å². The SMILES string of the molecule is Cc1cnc(CNc2ncc(Br)cc2C)cn1. The maximum Gasteiger partial charge on any atom is 0.129 e. The van der Waals surface area contributed by atoms with Crippen LogP contribution in [0.5, 0.6) is 0 Å². The average Bonchev–Trinajstić information content (AvgIpc) is 2.30. The summed E-state index contributed by atoms with van der Waals surface area (Å²) in [7, 11) is 0. The van der Waals surface area contributed by atoms with Gasteiger partial charge in [0.05, 0.1) is 24.1 Å². The molecule has 0 bridgehead atoms. The number of anilines is 1. The van der Waals surface area contributed by atoms with E-state index in [0.717, 1.165) is 27.2 Å². The second kappa shape index (κ2) is 5.23. The van der Waals surface area contributed by atoms with Crippen LogP contribution >= 0.6 is 15.9 Å². The molecule has 0 amide bonds. The molecule has 0 atom stereocenters. The summed E-state index contributed by atoms with van der Waals surface area (Å²) in [5.74, 6) is 0.871. The molecule has 0 aliphatic rings. The van der Waals surface area contributed by atoms with Gasteiger partial charge in [-0.3, -0.25) is 9.97 Å². The molecule has 1 N–H and O–H groups in total. The van der Waals surface area contributed by atoms with Crippen molar-refractivity contribution < 1.29 is 0 Å². The Balaban J connectivity index is 2.04. The van der Waals surface area contributed by atoms with Crippen molar-refractivity contribution in [2.45, 2.75) is 20.4 Å². The molecule has 2 heterocycles. The molecule has 5 heteroatoms. The van der Waals surface area contributed by atoms with Crippen LogP contribution < -0.4 is 5.32 Å². The lowest BCUT2D eigenvalue weighted by molar-refractivity contribution is 0.973. The summed E-state index contributed by atoms with van der Waals surface area (Å²) < 4.78 is 0.982. The highest BCUT2D eigenvalue weighted by atomic mass is 79.9. The van der Waals surface area contributed by atoms with Crippen LogP contribution in [0.2, 0.25) is 0 Å². The molecule has 0 spiro atoms. The number of rotatable bonds is 3. The van der Waals surface area contributed by atoms with Gasteiger partial charge in [-0.2, -0.15) is 0 Å². The van der Waals surface area contributed by atoms with Gasteiger partial charge >= 0.3 is 0 Å². The second-order valence-corrected chi connectivity index (χ2v) is 4.74. The summed E-state index contributed by atoms with van der Waals surface area (Å²) in [5, 5.41) is 3.24. The molecule has 0 aromatic carbocycles. The third-order valence-corrected chi connectivity index (χ3v) is 2.75. The van der Waals surface area contributed by atoms with Gasteiger partial charge < -0.3 is 5.32 Å². The number of aryl methyl sites for hydroxylation is 2. The number of hydrogen-bond acceptors (Lipinski definition) is 4. The van der Waals surface area contributed by atoms with E-state index in [0.29, 0.717) is 6.54 Å². The lowest BCUT2D eigenvalue weighted by Crippen LogP contribution is -2.05. The molecule has 2 rings (SSSR count). The third kappa shape index (κ3) is 3.23. The van der Waals surface area contributed by atoms with Crippen LogP contribution in [0.3, 0.4) is 0 Å². The van der Waals surface area contributed by atoms with Gasteiger partial charge in [0, 0.05) is 16.9 Å². The Kier molecular flexibility index (Phi) is 3.68. The fraction of sp³-hybridized carbons (Fsp3) is 0.250. The number of nitrogens with one attached hydrogen (secondary N) is 1. The first-order valence-electron chi connectivity index (χ1n) is 5.28. The van der Waals surface area contributed by atoms with Crippen molar-refractivity contribution >= 4 is 21.7 Å². The molecule has 0 aliphatic carbocycles. The normalized spacial score (nSPS) is 10.3. The third-order valence-electron chi connectivity index (χ3n) is 2.32. The predicted octanol–water partition coefficient (Wildman–Crippen LogP) is 2.86. The maximum absolute atomic E-state index is 4.30. The minimum atomic E-state index is 0.628. The minimum Gasteiger partial charge on any atom is -0.364 e. The number of hydrogen-bond donors (Lipinski definition) is 1. The Morgan fingerprint density at radius 3 is 2.59 bits per heavy atom. The second-order valence-electron chi connectivity index (χ2n) is 3.82. The Hall–Kier alpha value is -1.49. The Morgan fingerprint density at radius 1 is 1.12 bits per heavy atom. The van der Waals surface area contributed by atoms with Gasteiger partial charge in [0.15, 0.2) is 0 Å². The van der Waals surface area contributed by atoms with Crippen LogP contribution in [0.25, 0.3) is 0 Å². The largest absolute Gasteiger partial charge is 0.364 e. The first kappa shape index (κ1) is 12.0. The summed E-state index contributed by atoms with van der Waals surface area (Å²) >= 11 is 3.39. The Bertz CT molecular complexity index is 510. The van der Waals surface area contributed by atoms with Gasteiger partial charge in [-0.1, -0.05) is 0 Å². The van der Waals surface area contributed by atoms with Crippen molar-refractivity contribution in [3.63, 3.8) is 0 Å². The van der Waals surface area contributed by atoms with Gasteiger partial charge in [-0.25, -0.2) is 4.98 Å². The first-order chi connectivity index (χ1) is 8.15. The zero-order valence-corrected chi connectivity index (χ0v) is 11.3. The quantitative estimate of drug-likeness (QED) is 0.945. The predicted molar refractivity (Wildman–Crippen MR) is 70.8 cm³/mol. The fourth-order valence-corrected chi connectivity index (χ4v) is 1.86. The topological polar surface area (TPSA) is 50.7 Å². The highest BCUT2D eigenvalue weighted by Crippen LogP contribution is 2.17. The molecule has 17 heavy (non-hydrogen) atoms. The molecule has 4 nitrogen and oxygen atoms in total. The average molecular weight is 293 g/mol. The summed E-state index contributed by atoms with van der Waals surface area (Å²) in [6.45, 7) is 4.56. The monoisotopic (exact) mass is 292 g/mol. The smallest absolute Gasteiger partial charge is 0.129 e. The zero-order valence-electron chi connectivity index (χ0n) is 9.74. The van der Waals surface area contributed by atoms with Gasteiger partial charge in [-0.05, 0) is 41.4 Å². The molecule has 2 aromatic heterocycles. The minimum absolute atomic E-state index is 0.628. The van der Waals surface area contributed by atoms with Crippen molar-refractivity contribution in [3.05, 3.63) is 46.1 Å². The summed E-state index contributed by atoms with van der Waals surface area (Å²) in [6, 6.07) is 2.02. The van der Waals surface area contributed by atoms with Crippen LogP contribution in [0.1, 0.15) is 17.0 Å². The molecule has 88 valence electrons. The molecule has 0 fully saturated rings. The molecule has 2 aromatic rings. The van der Waals surface area contributed by atoms with E-state index in [-0.39, 0.29) is 0 Å². The standard InChI is InChI=1S/C12H13BrN4/c1-8-3-10(13)5-16-12(8)17-7-11-6-14-9(2)4-15-11/h3-6H,7H2,1-2H3,(H,16,17). The van der Waals surface area contributed by atoms with Crippen molar-refractivity contribution in [1.82, 2.24) is 15.0 Å². The summed E-state index contributed by atoms with van der Waals surface area (Å²) in [4.78, 5) is 12.8. The number of halogens is 1. The van der Waals surface area contributed by atoms with E-state index < -0.39 is 0 Å². The summed E-state index contributed by atoms with van der Waals surface area (Å²) in [5.41, 5.74) is 2.92. The fourth-order valence-electron chi connectivity index (χ4n) is 1.41. The maximum atomic E-state index is 4.30. The van der Waals surface area contributed by atoms with Gasteiger partial charge in [0.2, 0.25) is 0 Å². The van der Waals surface area contributed by atoms with E-state index in [2.05, 4.69) is 36.2 Å². The summed E-state index contributed by atoms with van der Waals surface area (Å²) in [6.07, 6.45) is 5.31. The molecule has 0 radical (unpaired) electrons. The van der Waals surface area contributed by atoms with E-state index in [4.69, 9.17) is 0 Å². The highest BCUT2D eigenvalue weighted by molar-refractivity contribution is 9.10. The van der Waals surface area contributed by atoms with Crippen molar-refractivity contribution in [2.75, 3.05) is 5.32 Å². The molecular formula is C12H13BrN4. The zero-order chi connectivity index (χ0) is 12.3. The van der Waals surface area contributed by atoms with Gasteiger partial charge in [-0.15, -0.1) is 0 Å². The van der Waals surface area contributed by atoms with Crippen molar-refractivity contribution in [3.8, 4) is 0 Å². The van der Waals surface area contributed by atoms with Crippen molar-refractivity contribution in [1.29, 1.82) is 0 Å². The number of aromatic nitrogens is 3. The van der Waals surface area contributed by atoms with Crippen LogP contribution in [0, 0.1) is 13.8 Å². The molecular weight excluding hydrogens is 280 g/mol. The van der Waals surface area contributed by atoms with Crippen LogP contribution in [-0.2, 0) is 6.54 Å². The molecule has 0 saturated heterocycles. The van der Waals surface area contributed by atoms with Gasteiger partial charge in [0.25, 0.3) is 0 Å². The Labute approximate surface area is 109 Å². The first-order valence-corrected chi connectivity index (χ1v) is 6.08. The van der Waals surface area contributed by atoms with E-state index in [9.17, 15) is 0 Å². The lowest BCUT2D eigenvalue weighted by Gasteiger charge is -2.08. The van der Waals surface area contributed by atoms with E-state index in [1.165, 1.54) is 0 Å². The number of nitrogens with zero attached hydrogens (tertiary/aromatic N) is 3. The number of pyridine rings is 1. The Morgan fingerprint density at radius 2 is 1.94 bits per heavy atom. The van der Waals surface area contributed by atoms with E-state index in [1.807, 2.05) is 19.9 Å². The van der Waals surface area contributed by atoms with E-state index in [1.54, 1.807) is 18.6 Å². The van der Waals surface area contributed by atoms with E-state index >= 15 is 0 Å². The molecule has 0 saturated carbocycles. The van der Waals surface area contributed by atoms with Crippen molar-refractivity contribution in [2.24, 2.45) is 0 Å². The molecule has 0 unspecified atom stereocenters. The van der Waals surface area contributed by atoms with Crippen LogP contribution in [0.15, 0.2) is 29.1 Å². The lowest BCUT2D eigenvalue weighted by atomic mass is 10.3. The van der Waals surface area contributed by atoms with Crippen LogP contribution in [0.4, 0.5) is 5.82 Å². The highest BCUT2D eigenvalue weighted by Gasteiger charge is 2.01. The van der Waals surface area contributed by atoms with Crippen LogP contribution in [-0.4, -0.2) is 15.0 Å². The molecule has 0 aliphatic heterocycles.